The van der Waals surface area contributed by atoms with E-state index >= 15 is 0 Å². The number of carbonyl (C=O) groups is 1. The Hall–Kier alpha value is -2.97. The zero-order chi connectivity index (χ0) is 21.5. The molecule has 1 aliphatic carbocycles. The molecule has 1 aliphatic rings. The van der Waals surface area contributed by atoms with Gasteiger partial charge in [-0.15, -0.1) is 0 Å². The highest BCUT2D eigenvalue weighted by atomic mass is 19.3. The zero-order valence-corrected chi connectivity index (χ0v) is 16.2. The first-order valence-corrected chi connectivity index (χ1v) is 9.60. The highest BCUT2D eigenvalue weighted by molar-refractivity contribution is 5.80. The summed E-state index contributed by atoms with van der Waals surface area (Å²) in [5.74, 6) is -0.240. The van der Waals surface area contributed by atoms with E-state index in [9.17, 15) is 22.4 Å². The van der Waals surface area contributed by atoms with Crippen LogP contribution in [0.1, 0.15) is 48.9 Å². The van der Waals surface area contributed by atoms with Gasteiger partial charge in [-0.05, 0) is 37.0 Å². The second-order valence-corrected chi connectivity index (χ2v) is 7.59. The molecule has 1 aromatic carbocycles. The second kappa shape index (κ2) is 7.70. The molecule has 4 rings (SSSR count). The van der Waals surface area contributed by atoms with Crippen LogP contribution in [0.5, 0.6) is 0 Å². The summed E-state index contributed by atoms with van der Waals surface area (Å²) >= 11 is 0. The average molecular weight is 420 g/mol. The van der Waals surface area contributed by atoms with Crippen LogP contribution >= 0.6 is 0 Å². The maximum absolute atomic E-state index is 14.0. The molecule has 0 radical (unpaired) electrons. The van der Waals surface area contributed by atoms with Gasteiger partial charge in [0, 0.05) is 5.39 Å². The van der Waals surface area contributed by atoms with Crippen molar-refractivity contribution in [2.24, 2.45) is 0 Å². The van der Waals surface area contributed by atoms with E-state index in [0.29, 0.717) is 34.2 Å². The third-order valence-corrected chi connectivity index (χ3v) is 5.29. The lowest BCUT2D eigenvalue weighted by Gasteiger charge is -2.14. The Bertz CT molecular complexity index is 1060. The Kier molecular flexibility index (Phi) is 5.21. The van der Waals surface area contributed by atoms with Crippen molar-refractivity contribution in [2.45, 2.75) is 50.6 Å². The molecule has 0 bridgehead atoms. The van der Waals surface area contributed by atoms with Gasteiger partial charge in [-0.1, -0.05) is 24.3 Å². The number of nitrogens with one attached hydrogen (secondary N) is 1. The lowest BCUT2D eigenvalue weighted by molar-refractivity contribution is -0.121. The van der Waals surface area contributed by atoms with E-state index in [4.69, 9.17) is 0 Å². The predicted octanol–water partition coefficient (Wildman–Crippen LogP) is 4.54. The molecule has 2 atom stereocenters. The van der Waals surface area contributed by atoms with Crippen molar-refractivity contribution < 1.29 is 22.4 Å². The lowest BCUT2D eigenvalue weighted by Crippen LogP contribution is -2.28. The van der Waals surface area contributed by atoms with Crippen molar-refractivity contribution in [1.82, 2.24) is 20.1 Å². The molecule has 1 fully saturated rings. The number of carbonyl (C=O) groups excluding carboxylic acids is 1. The first-order valence-electron chi connectivity index (χ1n) is 9.60. The summed E-state index contributed by atoms with van der Waals surface area (Å²) in [6.07, 6.45) is -2.00. The van der Waals surface area contributed by atoms with Crippen molar-refractivity contribution in [1.29, 1.82) is 0 Å². The molecular weight excluding hydrogens is 400 g/mol. The SMILES string of the molecule is CC(NC(=O)Cc1ccc(C2(F)CC2)cc1)c1cc2cnn(C(F)C(F)F)c2cn1. The number of hydrogen-bond acceptors (Lipinski definition) is 3. The molecular formula is C21H20F4N4O. The van der Waals surface area contributed by atoms with E-state index in [1.54, 1.807) is 37.3 Å². The number of benzene rings is 1. The van der Waals surface area contributed by atoms with Gasteiger partial charge < -0.3 is 5.32 Å². The van der Waals surface area contributed by atoms with Crippen molar-refractivity contribution in [3.63, 3.8) is 0 Å². The summed E-state index contributed by atoms with van der Waals surface area (Å²) in [5.41, 5.74) is 0.835. The van der Waals surface area contributed by atoms with Crippen molar-refractivity contribution in [2.75, 3.05) is 0 Å². The summed E-state index contributed by atoms with van der Waals surface area (Å²) in [7, 11) is 0. The first-order chi connectivity index (χ1) is 14.3. The monoisotopic (exact) mass is 420 g/mol. The minimum Gasteiger partial charge on any atom is -0.348 e. The van der Waals surface area contributed by atoms with Gasteiger partial charge >= 0.3 is 0 Å². The van der Waals surface area contributed by atoms with Gasteiger partial charge in [-0.2, -0.15) is 5.10 Å². The largest absolute Gasteiger partial charge is 0.348 e. The van der Waals surface area contributed by atoms with Crippen LogP contribution in [0.25, 0.3) is 10.9 Å². The van der Waals surface area contributed by atoms with Gasteiger partial charge in [-0.3, -0.25) is 9.78 Å². The maximum atomic E-state index is 14.0. The number of nitrogens with zero attached hydrogens (tertiary/aromatic N) is 3. The second-order valence-electron chi connectivity index (χ2n) is 7.59. The molecule has 2 unspecified atom stereocenters. The molecule has 0 spiro atoms. The Balaban J connectivity index is 1.41. The van der Waals surface area contributed by atoms with E-state index in [2.05, 4.69) is 15.4 Å². The van der Waals surface area contributed by atoms with Crippen LogP contribution < -0.4 is 5.32 Å². The summed E-state index contributed by atoms with van der Waals surface area (Å²) in [5, 5.41) is 6.93. The zero-order valence-electron chi connectivity index (χ0n) is 16.2. The average Bonchev–Trinajstić information content (AvgIpc) is 3.33. The number of amides is 1. The number of pyridine rings is 1. The van der Waals surface area contributed by atoms with E-state index in [1.807, 2.05) is 0 Å². The molecule has 1 N–H and O–H groups in total. The molecule has 158 valence electrons. The molecule has 3 aromatic rings. The molecule has 9 heteroatoms. The summed E-state index contributed by atoms with van der Waals surface area (Å²) in [4.78, 5) is 16.5. The Morgan fingerprint density at radius 2 is 1.90 bits per heavy atom. The number of aromatic nitrogens is 3. The summed E-state index contributed by atoms with van der Waals surface area (Å²) < 4.78 is 53.4. The predicted molar refractivity (Wildman–Crippen MR) is 102 cm³/mol. The third-order valence-electron chi connectivity index (χ3n) is 5.29. The van der Waals surface area contributed by atoms with Gasteiger partial charge in [0.15, 0.2) is 0 Å². The fourth-order valence-corrected chi connectivity index (χ4v) is 3.37. The van der Waals surface area contributed by atoms with Gasteiger partial charge in [0.2, 0.25) is 5.91 Å². The fourth-order valence-electron chi connectivity index (χ4n) is 3.37. The molecule has 0 aliphatic heterocycles. The van der Waals surface area contributed by atoms with Crippen LogP contribution in [0.15, 0.2) is 42.7 Å². The van der Waals surface area contributed by atoms with Crippen LogP contribution in [0.4, 0.5) is 17.6 Å². The number of hydrogen-bond donors (Lipinski definition) is 1. The first kappa shape index (κ1) is 20.3. The topological polar surface area (TPSA) is 59.8 Å². The van der Waals surface area contributed by atoms with E-state index in [-0.39, 0.29) is 17.8 Å². The normalized spacial score (nSPS) is 17.1. The molecule has 1 saturated carbocycles. The Labute approximate surface area is 170 Å². The van der Waals surface area contributed by atoms with E-state index in [0.717, 1.165) is 5.56 Å². The van der Waals surface area contributed by atoms with Crippen LogP contribution in [-0.4, -0.2) is 27.1 Å². The van der Waals surface area contributed by atoms with Gasteiger partial charge in [0.05, 0.1) is 36.1 Å². The van der Waals surface area contributed by atoms with Crippen LogP contribution in [-0.2, 0) is 16.9 Å². The number of halogens is 4. The van der Waals surface area contributed by atoms with E-state index < -0.39 is 24.4 Å². The van der Waals surface area contributed by atoms with Gasteiger partial charge in [-0.25, -0.2) is 22.2 Å². The summed E-state index contributed by atoms with van der Waals surface area (Å²) in [6, 6.07) is 8.03. The highest BCUT2D eigenvalue weighted by Crippen LogP contribution is 2.49. The molecule has 2 heterocycles. The number of alkyl halides is 4. The smallest absolute Gasteiger partial charge is 0.289 e. The van der Waals surface area contributed by atoms with Crippen LogP contribution in [0.2, 0.25) is 0 Å². The van der Waals surface area contributed by atoms with Crippen molar-refractivity contribution in [3.05, 3.63) is 59.5 Å². The molecule has 30 heavy (non-hydrogen) atoms. The standard InChI is InChI=1S/C21H20F4N4O/c1-12(16-9-14-10-27-29(17(14)11-26-16)20(24)19(22)23)28-18(30)8-13-2-4-15(5-3-13)21(25)6-7-21/h2-5,9-12,19-20H,6-8H2,1H3,(H,28,30). The number of rotatable bonds is 7. The number of fused-ring (bicyclic) bond motifs is 1. The molecule has 2 aromatic heterocycles. The Morgan fingerprint density at radius 3 is 2.53 bits per heavy atom. The molecule has 0 saturated heterocycles. The van der Waals surface area contributed by atoms with Crippen LogP contribution in [0.3, 0.4) is 0 Å². The molecule has 1 amide bonds. The fraction of sp³-hybridized carbons (Fsp3) is 0.381. The Morgan fingerprint density at radius 1 is 1.20 bits per heavy atom. The quantitative estimate of drug-likeness (QED) is 0.571. The van der Waals surface area contributed by atoms with Crippen LogP contribution in [0, 0.1) is 0 Å². The highest BCUT2D eigenvalue weighted by Gasteiger charge is 2.44. The van der Waals surface area contributed by atoms with Gasteiger partial charge in [0.25, 0.3) is 12.7 Å². The van der Waals surface area contributed by atoms with Crippen molar-refractivity contribution in [3.8, 4) is 0 Å². The minimum atomic E-state index is -3.19. The van der Waals surface area contributed by atoms with Crippen molar-refractivity contribution >= 4 is 16.8 Å². The van der Waals surface area contributed by atoms with Gasteiger partial charge in [0.1, 0.15) is 5.67 Å². The lowest BCUT2D eigenvalue weighted by atomic mass is 10.0. The third kappa shape index (κ3) is 4.01. The summed E-state index contributed by atoms with van der Waals surface area (Å²) in [6.45, 7) is 1.73. The van der Waals surface area contributed by atoms with E-state index in [1.165, 1.54) is 12.4 Å². The maximum Gasteiger partial charge on any atom is 0.289 e. The molecule has 5 nitrogen and oxygen atoms in total. The minimum absolute atomic E-state index is 0.127.